The van der Waals surface area contributed by atoms with E-state index >= 15 is 0 Å². The summed E-state index contributed by atoms with van der Waals surface area (Å²) in [6.45, 7) is 2.23. The van der Waals surface area contributed by atoms with Gasteiger partial charge in [0.1, 0.15) is 0 Å². The van der Waals surface area contributed by atoms with Crippen LogP contribution in [0.3, 0.4) is 0 Å². The van der Waals surface area contributed by atoms with Gasteiger partial charge < -0.3 is 5.32 Å². The van der Waals surface area contributed by atoms with E-state index in [2.05, 4.69) is 17.6 Å². The molecule has 1 N–H and O–H groups in total. The zero-order chi connectivity index (χ0) is 10.3. The lowest BCUT2D eigenvalue weighted by atomic mass is 9.84. The molecule has 0 amide bonds. The minimum Gasteiger partial charge on any atom is -0.315 e. The summed E-state index contributed by atoms with van der Waals surface area (Å²) >= 11 is 2.01. The van der Waals surface area contributed by atoms with E-state index < -0.39 is 0 Å². The first-order valence-corrected chi connectivity index (χ1v) is 6.68. The number of unbranched alkanes of at least 4 members (excludes halogenated alkanes) is 2. The van der Waals surface area contributed by atoms with Crippen molar-refractivity contribution < 1.29 is 0 Å². The lowest BCUT2D eigenvalue weighted by Gasteiger charge is -2.40. The maximum atomic E-state index is 8.36. The van der Waals surface area contributed by atoms with Crippen molar-refractivity contribution in [2.75, 3.05) is 19.3 Å². The Hall–Kier alpha value is -0.200. The zero-order valence-corrected chi connectivity index (χ0v) is 9.83. The van der Waals surface area contributed by atoms with Gasteiger partial charge in [-0.3, -0.25) is 0 Å². The number of thioether (sulfide) groups is 1. The van der Waals surface area contributed by atoms with Crippen molar-refractivity contribution in [2.45, 2.75) is 43.3 Å². The van der Waals surface area contributed by atoms with Gasteiger partial charge in [0.2, 0.25) is 0 Å². The van der Waals surface area contributed by atoms with Crippen molar-refractivity contribution in [1.82, 2.24) is 5.32 Å². The third kappa shape index (κ3) is 3.51. The van der Waals surface area contributed by atoms with Gasteiger partial charge in [0, 0.05) is 17.7 Å². The van der Waals surface area contributed by atoms with Crippen molar-refractivity contribution in [3.8, 4) is 6.07 Å². The molecule has 0 bridgehead atoms. The second-order valence-corrected chi connectivity index (χ2v) is 5.31. The molecule has 1 aliphatic carbocycles. The van der Waals surface area contributed by atoms with E-state index in [1.54, 1.807) is 0 Å². The molecule has 0 aliphatic heterocycles. The molecule has 0 unspecified atom stereocenters. The molecule has 0 heterocycles. The molecular weight excluding hydrogens is 192 g/mol. The largest absolute Gasteiger partial charge is 0.315 e. The highest BCUT2D eigenvalue weighted by molar-refractivity contribution is 8.00. The summed E-state index contributed by atoms with van der Waals surface area (Å²) in [6, 6.07) is 2.18. The Morgan fingerprint density at radius 2 is 2.21 bits per heavy atom. The van der Waals surface area contributed by atoms with Crippen LogP contribution in [0.5, 0.6) is 0 Å². The fraction of sp³-hybridized carbons (Fsp3) is 0.909. The molecule has 0 aromatic rings. The lowest BCUT2D eigenvalue weighted by molar-refractivity contribution is 0.345. The fourth-order valence-corrected chi connectivity index (χ4v) is 2.74. The molecule has 3 heteroatoms. The molecule has 1 saturated carbocycles. The van der Waals surface area contributed by atoms with Crippen LogP contribution in [0, 0.1) is 11.3 Å². The number of rotatable bonds is 7. The number of nitrogens with one attached hydrogen (secondary N) is 1. The number of nitriles is 1. The third-order valence-corrected chi connectivity index (χ3v) is 4.46. The third-order valence-electron chi connectivity index (χ3n) is 3.04. The van der Waals surface area contributed by atoms with Gasteiger partial charge in [0.05, 0.1) is 6.07 Å². The second-order valence-electron chi connectivity index (χ2n) is 4.03. The summed E-state index contributed by atoms with van der Waals surface area (Å²) in [6.07, 6.45) is 9.25. The lowest BCUT2D eigenvalue weighted by Crippen LogP contribution is -2.43. The highest BCUT2D eigenvalue weighted by Crippen LogP contribution is 2.42. The van der Waals surface area contributed by atoms with Gasteiger partial charge in [-0.15, -0.1) is 0 Å². The first-order valence-electron chi connectivity index (χ1n) is 5.46. The highest BCUT2D eigenvalue weighted by atomic mass is 32.2. The molecule has 80 valence electrons. The van der Waals surface area contributed by atoms with Gasteiger partial charge in [-0.05, 0) is 38.5 Å². The standard InChI is InChI=1S/C11H20N2S/c1-14-11(6-5-7-11)10-13-9-4-2-3-8-12/h13H,2-7,9-10H2,1H3. The van der Waals surface area contributed by atoms with Crippen molar-refractivity contribution in [3.63, 3.8) is 0 Å². The summed E-state index contributed by atoms with van der Waals surface area (Å²) in [5.41, 5.74) is 0. The smallest absolute Gasteiger partial charge is 0.0621 e. The Bertz CT molecular complexity index is 188. The van der Waals surface area contributed by atoms with Crippen LogP contribution in [0.25, 0.3) is 0 Å². The average molecular weight is 212 g/mol. The van der Waals surface area contributed by atoms with Crippen molar-refractivity contribution in [2.24, 2.45) is 0 Å². The molecule has 0 saturated heterocycles. The molecule has 1 aliphatic rings. The van der Waals surface area contributed by atoms with E-state index in [-0.39, 0.29) is 0 Å². The topological polar surface area (TPSA) is 35.8 Å². The molecule has 1 fully saturated rings. The van der Waals surface area contributed by atoms with E-state index in [0.717, 1.165) is 25.9 Å². The van der Waals surface area contributed by atoms with E-state index in [9.17, 15) is 0 Å². The quantitative estimate of drug-likeness (QED) is 0.659. The van der Waals surface area contributed by atoms with Crippen LogP contribution in [0.2, 0.25) is 0 Å². The van der Waals surface area contributed by atoms with E-state index in [1.807, 2.05) is 11.8 Å². The number of hydrogen-bond donors (Lipinski definition) is 1. The summed E-state index contributed by atoms with van der Waals surface area (Å²) in [5.74, 6) is 0. The average Bonchev–Trinajstić information content (AvgIpc) is 2.15. The minimum absolute atomic E-state index is 0.551. The molecule has 14 heavy (non-hydrogen) atoms. The van der Waals surface area contributed by atoms with E-state index in [1.165, 1.54) is 19.3 Å². The van der Waals surface area contributed by atoms with Crippen molar-refractivity contribution in [1.29, 1.82) is 5.26 Å². The predicted octanol–water partition coefficient (Wildman–Crippen LogP) is 2.56. The molecular formula is C11H20N2S. The molecule has 0 radical (unpaired) electrons. The second kappa shape index (κ2) is 6.31. The zero-order valence-electron chi connectivity index (χ0n) is 9.01. The molecule has 0 aromatic heterocycles. The van der Waals surface area contributed by atoms with Crippen molar-refractivity contribution in [3.05, 3.63) is 0 Å². The molecule has 0 atom stereocenters. The van der Waals surface area contributed by atoms with Crippen LogP contribution in [-0.4, -0.2) is 24.1 Å². The van der Waals surface area contributed by atoms with Crippen LogP contribution in [0.1, 0.15) is 38.5 Å². The molecule has 1 rings (SSSR count). The Morgan fingerprint density at radius 3 is 2.71 bits per heavy atom. The van der Waals surface area contributed by atoms with Crippen LogP contribution < -0.4 is 5.32 Å². The number of nitrogens with zero attached hydrogens (tertiary/aromatic N) is 1. The molecule has 2 nitrogen and oxygen atoms in total. The van der Waals surface area contributed by atoms with E-state index in [4.69, 9.17) is 5.26 Å². The Balaban J connectivity index is 1.95. The normalized spacial score (nSPS) is 18.6. The van der Waals surface area contributed by atoms with Crippen LogP contribution in [0.15, 0.2) is 0 Å². The molecule has 0 aromatic carbocycles. The van der Waals surface area contributed by atoms with Gasteiger partial charge in [-0.25, -0.2) is 0 Å². The summed E-state index contributed by atoms with van der Waals surface area (Å²) < 4.78 is 0.551. The maximum Gasteiger partial charge on any atom is 0.0621 e. The molecule has 0 spiro atoms. The summed E-state index contributed by atoms with van der Waals surface area (Å²) in [5, 5.41) is 11.9. The van der Waals surface area contributed by atoms with E-state index in [0.29, 0.717) is 11.2 Å². The van der Waals surface area contributed by atoms with Gasteiger partial charge in [0.15, 0.2) is 0 Å². The summed E-state index contributed by atoms with van der Waals surface area (Å²) in [4.78, 5) is 0. The van der Waals surface area contributed by atoms with Crippen molar-refractivity contribution >= 4 is 11.8 Å². The highest BCUT2D eigenvalue weighted by Gasteiger charge is 2.35. The summed E-state index contributed by atoms with van der Waals surface area (Å²) in [7, 11) is 0. The van der Waals surface area contributed by atoms with Gasteiger partial charge >= 0.3 is 0 Å². The Labute approximate surface area is 91.4 Å². The Morgan fingerprint density at radius 1 is 1.43 bits per heavy atom. The monoisotopic (exact) mass is 212 g/mol. The van der Waals surface area contributed by atoms with Gasteiger partial charge in [-0.1, -0.05) is 6.42 Å². The number of hydrogen-bond acceptors (Lipinski definition) is 3. The van der Waals surface area contributed by atoms with Gasteiger partial charge in [-0.2, -0.15) is 17.0 Å². The van der Waals surface area contributed by atoms with Gasteiger partial charge in [0.25, 0.3) is 0 Å². The SMILES string of the molecule is CSC1(CNCCCCC#N)CCC1. The maximum absolute atomic E-state index is 8.36. The Kier molecular flexibility index (Phi) is 5.36. The van der Waals surface area contributed by atoms with Crippen LogP contribution in [-0.2, 0) is 0 Å². The first kappa shape index (κ1) is 11.9. The van der Waals surface area contributed by atoms with Crippen LogP contribution in [0.4, 0.5) is 0 Å². The van der Waals surface area contributed by atoms with Crippen LogP contribution >= 0.6 is 11.8 Å². The predicted molar refractivity (Wildman–Crippen MR) is 62.4 cm³/mol. The fourth-order valence-electron chi connectivity index (χ4n) is 1.79. The first-order chi connectivity index (χ1) is 6.83. The minimum atomic E-state index is 0.551.